The third kappa shape index (κ3) is 1.60. The van der Waals surface area contributed by atoms with E-state index in [2.05, 4.69) is 0 Å². The largest absolute Gasteiger partial charge is 0.390 e. The molecule has 1 aliphatic carbocycles. The molecule has 1 aromatic carbocycles. The van der Waals surface area contributed by atoms with Gasteiger partial charge in [-0.05, 0) is 30.4 Å². The molecule has 2 heteroatoms. The van der Waals surface area contributed by atoms with Crippen LogP contribution in [0.1, 0.15) is 30.1 Å². The minimum atomic E-state index is -0.696. The highest BCUT2D eigenvalue weighted by molar-refractivity contribution is 5.30. The zero-order valence-corrected chi connectivity index (χ0v) is 7.48. The molecule has 2 rings (SSSR count). The number of aliphatic hydroxyl groups is 2. The summed E-state index contributed by atoms with van der Waals surface area (Å²) >= 11 is 0. The van der Waals surface area contributed by atoms with Crippen LogP contribution >= 0.6 is 0 Å². The van der Waals surface area contributed by atoms with Crippen molar-refractivity contribution in [3.8, 4) is 0 Å². The van der Waals surface area contributed by atoms with Gasteiger partial charge in [0.25, 0.3) is 0 Å². The summed E-state index contributed by atoms with van der Waals surface area (Å²) in [6, 6.07) is 7.80. The summed E-state index contributed by atoms with van der Waals surface area (Å²) in [6.45, 7) is 0. The van der Waals surface area contributed by atoms with Crippen LogP contribution in [0.2, 0.25) is 0 Å². The zero-order chi connectivity index (χ0) is 9.26. The summed E-state index contributed by atoms with van der Waals surface area (Å²) in [4.78, 5) is 0. The van der Waals surface area contributed by atoms with Crippen LogP contribution in [0.25, 0.3) is 0 Å². The Balaban J connectivity index is 2.40. The average Bonchev–Trinajstić information content (AvgIpc) is 2.29. The van der Waals surface area contributed by atoms with Crippen molar-refractivity contribution < 1.29 is 10.2 Å². The molecular weight excluding hydrogens is 164 g/mol. The van der Waals surface area contributed by atoms with Crippen molar-refractivity contribution in [3.63, 3.8) is 0 Å². The highest BCUT2D eigenvalue weighted by Gasteiger charge is 2.23. The van der Waals surface area contributed by atoms with E-state index in [0.29, 0.717) is 6.42 Å². The van der Waals surface area contributed by atoms with Gasteiger partial charge < -0.3 is 10.2 Å². The molecule has 0 aliphatic heterocycles. The molecule has 0 radical (unpaired) electrons. The highest BCUT2D eigenvalue weighted by atomic mass is 16.3. The molecule has 0 fully saturated rings. The Kier molecular flexibility index (Phi) is 2.34. The topological polar surface area (TPSA) is 40.5 Å². The molecule has 1 aromatic rings. The lowest BCUT2D eigenvalue weighted by Gasteiger charge is -2.16. The smallest absolute Gasteiger partial charge is 0.105 e. The molecule has 0 aromatic heterocycles. The van der Waals surface area contributed by atoms with Gasteiger partial charge in [-0.15, -0.1) is 0 Å². The van der Waals surface area contributed by atoms with E-state index in [-0.39, 0.29) is 0 Å². The normalized spacial score (nSPS) is 27.8. The van der Waals surface area contributed by atoms with Gasteiger partial charge >= 0.3 is 0 Å². The van der Waals surface area contributed by atoms with Crippen molar-refractivity contribution in [1.82, 2.24) is 0 Å². The molecule has 2 nitrogen and oxygen atoms in total. The molecule has 0 spiro atoms. The van der Waals surface area contributed by atoms with Gasteiger partial charge in [-0.1, -0.05) is 24.3 Å². The van der Waals surface area contributed by atoms with Crippen molar-refractivity contribution in [3.05, 3.63) is 35.4 Å². The molecule has 2 N–H and O–H groups in total. The van der Waals surface area contributed by atoms with Gasteiger partial charge in [-0.3, -0.25) is 0 Å². The maximum atomic E-state index is 9.76. The Bertz CT molecular complexity index is 296. The summed E-state index contributed by atoms with van der Waals surface area (Å²) < 4.78 is 0. The van der Waals surface area contributed by atoms with Crippen molar-refractivity contribution >= 4 is 0 Å². The number of aryl methyl sites for hydroxylation is 1. The van der Waals surface area contributed by atoms with Crippen molar-refractivity contribution in [1.29, 1.82) is 0 Å². The monoisotopic (exact) mass is 178 g/mol. The summed E-state index contributed by atoms with van der Waals surface area (Å²) in [7, 11) is 0. The lowest BCUT2D eigenvalue weighted by Crippen LogP contribution is -2.16. The standard InChI is InChI=1S/C11H14O2/c12-10-7-3-5-8-4-1-2-6-9(8)11(10)13/h1-2,4,6,10-13H,3,5,7H2/t10-,11+/m1/s1. The summed E-state index contributed by atoms with van der Waals surface area (Å²) in [6.07, 6.45) is 1.32. The quantitative estimate of drug-likeness (QED) is 0.590. The lowest BCUT2D eigenvalue weighted by molar-refractivity contribution is 0.0153. The van der Waals surface area contributed by atoms with Gasteiger partial charge in [0.1, 0.15) is 6.10 Å². The minimum Gasteiger partial charge on any atom is -0.390 e. The summed E-state index contributed by atoms with van der Waals surface area (Å²) in [5.41, 5.74) is 2.07. The van der Waals surface area contributed by atoms with E-state index in [1.165, 1.54) is 5.56 Å². The molecule has 0 amide bonds. The maximum Gasteiger partial charge on any atom is 0.105 e. The number of hydrogen-bond acceptors (Lipinski definition) is 2. The first-order chi connectivity index (χ1) is 6.29. The summed E-state index contributed by atoms with van der Waals surface area (Å²) in [5, 5.41) is 19.3. The molecule has 2 atom stereocenters. The Hall–Kier alpha value is -0.860. The van der Waals surface area contributed by atoms with Crippen molar-refractivity contribution in [2.24, 2.45) is 0 Å². The predicted molar refractivity (Wildman–Crippen MR) is 50.3 cm³/mol. The molecule has 0 bridgehead atoms. The van der Waals surface area contributed by atoms with E-state index in [1.54, 1.807) is 0 Å². The summed E-state index contributed by atoms with van der Waals surface area (Å²) in [5.74, 6) is 0. The van der Waals surface area contributed by atoms with Crippen LogP contribution in [-0.4, -0.2) is 16.3 Å². The molecule has 13 heavy (non-hydrogen) atoms. The third-order valence-electron chi connectivity index (χ3n) is 2.68. The lowest BCUT2D eigenvalue weighted by atomic mass is 10.0. The SMILES string of the molecule is O[C@@H]1CCCc2ccccc2[C@@H]1O. The van der Waals surface area contributed by atoms with Crippen LogP contribution in [0.5, 0.6) is 0 Å². The number of hydrogen-bond donors (Lipinski definition) is 2. The first-order valence-electron chi connectivity index (χ1n) is 4.73. The minimum absolute atomic E-state index is 0.594. The first-order valence-corrected chi connectivity index (χ1v) is 4.73. The van der Waals surface area contributed by atoms with Gasteiger partial charge in [0, 0.05) is 0 Å². The Labute approximate surface area is 77.8 Å². The van der Waals surface area contributed by atoms with Crippen LogP contribution in [-0.2, 0) is 6.42 Å². The maximum absolute atomic E-state index is 9.76. The molecule has 0 heterocycles. The van der Waals surface area contributed by atoms with E-state index in [0.717, 1.165) is 18.4 Å². The van der Waals surface area contributed by atoms with E-state index < -0.39 is 12.2 Å². The van der Waals surface area contributed by atoms with E-state index in [4.69, 9.17) is 0 Å². The van der Waals surface area contributed by atoms with E-state index in [1.807, 2.05) is 24.3 Å². The second kappa shape index (κ2) is 3.48. The van der Waals surface area contributed by atoms with Crippen LogP contribution in [0, 0.1) is 0 Å². The molecule has 0 saturated carbocycles. The third-order valence-corrected chi connectivity index (χ3v) is 2.68. The van der Waals surface area contributed by atoms with Gasteiger partial charge in [0.05, 0.1) is 6.10 Å². The van der Waals surface area contributed by atoms with Gasteiger partial charge in [0.2, 0.25) is 0 Å². The van der Waals surface area contributed by atoms with Crippen LogP contribution in [0.15, 0.2) is 24.3 Å². The zero-order valence-electron chi connectivity index (χ0n) is 7.48. The van der Waals surface area contributed by atoms with Gasteiger partial charge in [-0.2, -0.15) is 0 Å². The van der Waals surface area contributed by atoms with Crippen molar-refractivity contribution in [2.45, 2.75) is 31.5 Å². The van der Waals surface area contributed by atoms with Crippen molar-refractivity contribution in [2.75, 3.05) is 0 Å². The Morgan fingerprint density at radius 1 is 1.15 bits per heavy atom. The Morgan fingerprint density at radius 2 is 1.92 bits per heavy atom. The fourth-order valence-electron chi connectivity index (χ4n) is 1.92. The second-order valence-electron chi connectivity index (χ2n) is 3.60. The molecule has 1 aliphatic rings. The second-order valence-corrected chi connectivity index (χ2v) is 3.60. The highest BCUT2D eigenvalue weighted by Crippen LogP contribution is 2.28. The number of aliphatic hydroxyl groups excluding tert-OH is 2. The van der Waals surface area contributed by atoms with Crippen LogP contribution in [0.3, 0.4) is 0 Å². The molecule has 70 valence electrons. The van der Waals surface area contributed by atoms with E-state index >= 15 is 0 Å². The number of benzene rings is 1. The predicted octanol–water partition coefficient (Wildman–Crippen LogP) is 1.42. The van der Waals surface area contributed by atoms with Crippen LogP contribution in [0.4, 0.5) is 0 Å². The van der Waals surface area contributed by atoms with Gasteiger partial charge in [0.15, 0.2) is 0 Å². The molecular formula is C11H14O2. The molecule has 0 saturated heterocycles. The fraction of sp³-hybridized carbons (Fsp3) is 0.455. The average molecular weight is 178 g/mol. The number of fused-ring (bicyclic) bond motifs is 1. The first kappa shape index (κ1) is 8.73. The Morgan fingerprint density at radius 3 is 2.77 bits per heavy atom. The van der Waals surface area contributed by atoms with E-state index in [9.17, 15) is 10.2 Å². The molecule has 0 unspecified atom stereocenters. The van der Waals surface area contributed by atoms with Crippen LogP contribution < -0.4 is 0 Å². The van der Waals surface area contributed by atoms with Gasteiger partial charge in [-0.25, -0.2) is 0 Å². The fourth-order valence-corrected chi connectivity index (χ4v) is 1.92. The number of rotatable bonds is 0.